The van der Waals surface area contributed by atoms with E-state index in [0.29, 0.717) is 22.5 Å². The molecular weight excluding hydrogens is 444 g/mol. The van der Waals surface area contributed by atoms with Crippen LogP contribution in [0.5, 0.6) is 0 Å². The maximum absolute atomic E-state index is 13.8. The molecule has 0 radical (unpaired) electrons. The second kappa shape index (κ2) is 7.40. The largest absolute Gasteiger partial charge is 0.310 e. The molecule has 0 fully saturated rings. The number of fused-ring (bicyclic) bond motifs is 5. The molecule has 2 heterocycles. The van der Waals surface area contributed by atoms with Crippen LogP contribution in [0.4, 0.5) is 0 Å². The van der Waals surface area contributed by atoms with Crippen molar-refractivity contribution in [2.45, 2.75) is 0 Å². The van der Waals surface area contributed by atoms with Crippen molar-refractivity contribution < 1.29 is 9.59 Å². The van der Waals surface area contributed by atoms with Crippen LogP contribution < -0.4 is 0 Å². The average molecular weight is 467 g/mol. The van der Waals surface area contributed by atoms with Crippen molar-refractivity contribution in [3.8, 4) is 0 Å². The second-order valence-corrected chi connectivity index (χ2v) is 9.39. The number of likely N-dealkylation sites (N-methyl/N-ethyl adjacent to an activating group) is 2. The maximum atomic E-state index is 13.8. The van der Waals surface area contributed by atoms with Crippen LogP contribution in [-0.4, -0.2) is 35.7 Å². The topological polar surface area (TPSA) is 40.6 Å². The molecule has 5 aromatic rings. The van der Waals surface area contributed by atoms with Gasteiger partial charge < -0.3 is 9.80 Å². The molecule has 4 heteroatoms. The zero-order chi connectivity index (χ0) is 24.6. The van der Waals surface area contributed by atoms with E-state index >= 15 is 0 Å². The van der Waals surface area contributed by atoms with Gasteiger partial charge in [-0.15, -0.1) is 0 Å². The Balaban J connectivity index is 1.58. The lowest BCUT2D eigenvalue weighted by Gasteiger charge is -2.22. The fourth-order valence-corrected chi connectivity index (χ4v) is 5.84. The monoisotopic (exact) mass is 466 g/mol. The Morgan fingerprint density at radius 3 is 1.67 bits per heavy atom. The summed E-state index contributed by atoms with van der Waals surface area (Å²) < 4.78 is 0. The molecule has 4 nitrogen and oxygen atoms in total. The van der Waals surface area contributed by atoms with Gasteiger partial charge in [0.25, 0.3) is 11.8 Å². The van der Waals surface area contributed by atoms with E-state index in [1.165, 1.54) is 0 Å². The Kier molecular flexibility index (Phi) is 4.24. The SMILES string of the molecule is CN1C(=O)C2=C(c3cc4ccccc4c4ccccc34)N(C)C(=O)C2=C1c1cccc2ccccc12. The molecule has 0 N–H and O–H groups in total. The first-order chi connectivity index (χ1) is 17.6. The quantitative estimate of drug-likeness (QED) is 0.290. The first kappa shape index (κ1) is 20.7. The molecule has 0 saturated carbocycles. The van der Waals surface area contributed by atoms with Crippen LogP contribution in [0.3, 0.4) is 0 Å². The zero-order valence-electron chi connectivity index (χ0n) is 19.9. The number of carbonyl (C=O) groups excluding carboxylic acids is 2. The summed E-state index contributed by atoms with van der Waals surface area (Å²) in [7, 11) is 3.54. The molecule has 36 heavy (non-hydrogen) atoms. The van der Waals surface area contributed by atoms with E-state index in [-0.39, 0.29) is 11.8 Å². The Labute approximate surface area is 208 Å². The summed E-state index contributed by atoms with van der Waals surface area (Å²) in [6, 6.07) is 32.6. The summed E-state index contributed by atoms with van der Waals surface area (Å²) in [6.07, 6.45) is 0. The van der Waals surface area contributed by atoms with E-state index in [2.05, 4.69) is 30.3 Å². The van der Waals surface area contributed by atoms with Crippen molar-refractivity contribution in [1.82, 2.24) is 9.80 Å². The Morgan fingerprint density at radius 2 is 0.972 bits per heavy atom. The summed E-state index contributed by atoms with van der Waals surface area (Å²) in [5, 5.41) is 6.44. The minimum atomic E-state index is -0.155. The Morgan fingerprint density at radius 1 is 0.472 bits per heavy atom. The molecule has 0 aliphatic carbocycles. The van der Waals surface area contributed by atoms with Gasteiger partial charge in [-0.2, -0.15) is 0 Å². The summed E-state index contributed by atoms with van der Waals surface area (Å²) in [6.45, 7) is 0. The van der Waals surface area contributed by atoms with Crippen LogP contribution in [0, 0.1) is 0 Å². The fraction of sp³-hybridized carbons (Fsp3) is 0.0625. The third-order valence-corrected chi connectivity index (χ3v) is 7.50. The second-order valence-electron chi connectivity index (χ2n) is 9.39. The van der Waals surface area contributed by atoms with Gasteiger partial charge >= 0.3 is 0 Å². The lowest BCUT2D eigenvalue weighted by atomic mass is 9.93. The molecule has 2 aliphatic rings. The van der Waals surface area contributed by atoms with E-state index in [0.717, 1.165) is 43.4 Å². The molecule has 0 saturated heterocycles. The van der Waals surface area contributed by atoms with Gasteiger partial charge in [0.05, 0.1) is 22.5 Å². The van der Waals surface area contributed by atoms with Crippen LogP contribution in [0.1, 0.15) is 11.1 Å². The molecule has 0 aromatic heterocycles. The smallest absolute Gasteiger partial charge is 0.261 e. The minimum absolute atomic E-state index is 0.155. The Bertz CT molecular complexity index is 1860. The summed E-state index contributed by atoms with van der Waals surface area (Å²) >= 11 is 0. The number of benzene rings is 5. The first-order valence-corrected chi connectivity index (χ1v) is 12.0. The average Bonchev–Trinajstić information content (AvgIpc) is 3.32. The molecule has 2 aliphatic heterocycles. The molecule has 0 bridgehead atoms. The molecular formula is C32H22N2O2. The van der Waals surface area contributed by atoms with Crippen molar-refractivity contribution in [3.05, 3.63) is 119 Å². The Hall–Kier alpha value is -4.70. The zero-order valence-corrected chi connectivity index (χ0v) is 19.9. The predicted octanol–water partition coefficient (Wildman–Crippen LogP) is 6.21. The number of hydrogen-bond acceptors (Lipinski definition) is 2. The summed E-state index contributed by atoms with van der Waals surface area (Å²) in [5.41, 5.74) is 4.08. The third-order valence-electron chi connectivity index (χ3n) is 7.50. The molecule has 5 aromatic carbocycles. The van der Waals surface area contributed by atoms with Gasteiger partial charge in [0, 0.05) is 25.2 Å². The number of nitrogens with zero attached hydrogens (tertiary/aromatic N) is 2. The van der Waals surface area contributed by atoms with Gasteiger partial charge in [0.1, 0.15) is 0 Å². The van der Waals surface area contributed by atoms with Crippen LogP contribution in [0.25, 0.3) is 43.7 Å². The van der Waals surface area contributed by atoms with Crippen molar-refractivity contribution >= 4 is 55.5 Å². The van der Waals surface area contributed by atoms with E-state index in [4.69, 9.17) is 0 Å². The summed E-state index contributed by atoms with van der Waals surface area (Å²) in [4.78, 5) is 30.9. The van der Waals surface area contributed by atoms with Crippen molar-refractivity contribution in [1.29, 1.82) is 0 Å². The normalized spacial score (nSPS) is 15.8. The highest BCUT2D eigenvalue weighted by Crippen LogP contribution is 2.48. The molecule has 0 atom stereocenters. The fourth-order valence-electron chi connectivity index (χ4n) is 5.84. The van der Waals surface area contributed by atoms with Gasteiger partial charge in [-0.1, -0.05) is 91.0 Å². The lowest BCUT2D eigenvalue weighted by Crippen LogP contribution is -2.25. The highest BCUT2D eigenvalue weighted by molar-refractivity contribution is 6.32. The molecule has 172 valence electrons. The van der Waals surface area contributed by atoms with Gasteiger partial charge in [-0.3, -0.25) is 9.59 Å². The molecule has 2 amide bonds. The maximum Gasteiger partial charge on any atom is 0.261 e. The summed E-state index contributed by atoms with van der Waals surface area (Å²) in [5.74, 6) is -0.309. The predicted molar refractivity (Wildman–Crippen MR) is 145 cm³/mol. The van der Waals surface area contributed by atoms with E-state index in [1.807, 2.05) is 66.7 Å². The molecule has 0 spiro atoms. The lowest BCUT2D eigenvalue weighted by molar-refractivity contribution is -0.123. The standard InChI is InChI=1S/C32H22N2O2/c1-33-29(25-17-9-12-19-10-3-5-13-21(19)25)27-28(32(33)36)30(34(2)31(27)35)26-18-20-11-4-6-14-22(20)23-15-7-8-16-24(23)26/h3-18H,1-2H3. The third kappa shape index (κ3) is 2.64. The van der Waals surface area contributed by atoms with Crippen LogP contribution in [-0.2, 0) is 9.59 Å². The minimum Gasteiger partial charge on any atom is -0.310 e. The number of amides is 2. The first-order valence-electron chi connectivity index (χ1n) is 12.0. The van der Waals surface area contributed by atoms with Crippen LogP contribution in [0.2, 0.25) is 0 Å². The van der Waals surface area contributed by atoms with E-state index in [9.17, 15) is 9.59 Å². The van der Waals surface area contributed by atoms with Gasteiger partial charge in [0.15, 0.2) is 0 Å². The van der Waals surface area contributed by atoms with Gasteiger partial charge in [0.2, 0.25) is 0 Å². The van der Waals surface area contributed by atoms with Crippen molar-refractivity contribution in [2.24, 2.45) is 0 Å². The van der Waals surface area contributed by atoms with Gasteiger partial charge in [-0.25, -0.2) is 0 Å². The molecule has 0 unspecified atom stereocenters. The number of hydrogen-bond donors (Lipinski definition) is 0. The highest BCUT2D eigenvalue weighted by atomic mass is 16.2. The highest BCUT2D eigenvalue weighted by Gasteiger charge is 2.47. The van der Waals surface area contributed by atoms with E-state index < -0.39 is 0 Å². The molecule has 7 rings (SSSR count). The van der Waals surface area contributed by atoms with Crippen LogP contribution in [0.15, 0.2) is 108 Å². The van der Waals surface area contributed by atoms with Crippen LogP contribution >= 0.6 is 0 Å². The van der Waals surface area contributed by atoms with E-state index in [1.54, 1.807) is 23.9 Å². The van der Waals surface area contributed by atoms with Crippen molar-refractivity contribution in [3.63, 3.8) is 0 Å². The van der Waals surface area contributed by atoms with Crippen molar-refractivity contribution in [2.75, 3.05) is 14.1 Å². The number of carbonyl (C=O) groups is 2. The van der Waals surface area contributed by atoms with Gasteiger partial charge in [-0.05, 0) is 38.4 Å². The number of rotatable bonds is 2.